The van der Waals surface area contributed by atoms with Crippen LogP contribution in [-0.2, 0) is 14.4 Å². The number of amides is 4. The van der Waals surface area contributed by atoms with Gasteiger partial charge in [0.15, 0.2) is 0 Å². The molecular weight excluding hydrogens is 264 g/mol. The Bertz CT molecular complexity index is 583. The molecule has 0 unspecified atom stereocenters. The first-order chi connectivity index (χ1) is 9.11. The number of nitrogens with one attached hydrogen (secondary N) is 1. The largest absolute Gasteiger partial charge is 0.481 e. The summed E-state index contributed by atoms with van der Waals surface area (Å²) in [5.74, 6) is -2.27. The van der Waals surface area contributed by atoms with Crippen molar-refractivity contribution in [3.63, 3.8) is 0 Å². The molecule has 7 nitrogen and oxygen atoms in total. The number of piperidine rings is 1. The van der Waals surface area contributed by atoms with Crippen LogP contribution in [0.25, 0.3) is 0 Å². The maximum Gasteiger partial charge on any atom is 0.331 e. The number of rotatable bonds is 1. The number of hydrogen-bond donors (Lipinski definition) is 2. The van der Waals surface area contributed by atoms with Gasteiger partial charge in [-0.3, -0.25) is 19.7 Å². The fourth-order valence-electron chi connectivity index (χ4n) is 4.30. The van der Waals surface area contributed by atoms with Gasteiger partial charge in [-0.05, 0) is 18.3 Å². The highest BCUT2D eigenvalue weighted by Gasteiger charge is 2.78. The van der Waals surface area contributed by atoms with Gasteiger partial charge >= 0.3 is 12.0 Å². The molecule has 2 N–H and O–H groups in total. The Balaban J connectivity index is 2.32. The summed E-state index contributed by atoms with van der Waals surface area (Å²) in [6.45, 7) is 5.10. The summed E-state index contributed by atoms with van der Waals surface area (Å²) in [6, 6.07) is -2.05. The van der Waals surface area contributed by atoms with Gasteiger partial charge in [0.2, 0.25) is 5.91 Å². The standard InChI is InChI=1S/C13H16N2O5/c1-11(2)12(3)4-5-13(11,9(18)19)6-7(16)14-10(20)15(6)8(12)17/h6H,4-5H2,1-3H3,(H,18,19)(H,14,16,20)/t6-,12+,13-/m0/s1. The van der Waals surface area contributed by atoms with Crippen LogP contribution < -0.4 is 5.32 Å². The van der Waals surface area contributed by atoms with E-state index in [2.05, 4.69) is 5.32 Å². The molecule has 108 valence electrons. The molecule has 0 aromatic heterocycles. The van der Waals surface area contributed by atoms with Gasteiger partial charge in [0.05, 0.1) is 5.41 Å². The third-order valence-corrected chi connectivity index (χ3v) is 6.01. The number of carboxylic acids is 1. The molecule has 3 fully saturated rings. The van der Waals surface area contributed by atoms with E-state index in [1.807, 2.05) is 0 Å². The van der Waals surface area contributed by atoms with Gasteiger partial charge in [-0.25, -0.2) is 9.69 Å². The Morgan fingerprint density at radius 1 is 1.25 bits per heavy atom. The molecule has 7 heteroatoms. The Kier molecular flexibility index (Phi) is 2.10. The van der Waals surface area contributed by atoms with Crippen LogP contribution >= 0.6 is 0 Å². The highest BCUT2D eigenvalue weighted by Crippen LogP contribution is 2.68. The van der Waals surface area contributed by atoms with Crippen molar-refractivity contribution in [1.29, 1.82) is 0 Å². The summed E-state index contributed by atoms with van der Waals surface area (Å²) >= 11 is 0. The summed E-state index contributed by atoms with van der Waals surface area (Å²) in [7, 11) is 0. The molecule has 2 bridgehead atoms. The van der Waals surface area contributed by atoms with Crippen LogP contribution in [0, 0.1) is 16.2 Å². The number of urea groups is 1. The molecule has 2 aliphatic heterocycles. The predicted molar refractivity (Wildman–Crippen MR) is 65.4 cm³/mol. The first-order valence-corrected chi connectivity index (χ1v) is 6.53. The SMILES string of the molecule is CC1(C)[C@]2(C)CC[C@@]1(C(=O)O)[C@@H]1C(=O)NC(=O)N1C2=O. The Hall–Kier alpha value is -1.92. The van der Waals surface area contributed by atoms with Crippen molar-refractivity contribution in [3.05, 3.63) is 0 Å². The number of carboxylic acid groups (broad SMARTS) is 1. The molecular formula is C13H16N2O5. The molecule has 0 aromatic carbocycles. The van der Waals surface area contributed by atoms with Crippen molar-refractivity contribution < 1.29 is 24.3 Å². The summed E-state index contributed by atoms with van der Waals surface area (Å²) in [5.41, 5.74) is -3.29. The van der Waals surface area contributed by atoms with Crippen LogP contribution in [0.5, 0.6) is 0 Å². The van der Waals surface area contributed by atoms with Crippen LogP contribution in [-0.4, -0.2) is 39.9 Å². The van der Waals surface area contributed by atoms with Crippen LogP contribution in [0.15, 0.2) is 0 Å². The lowest BCUT2D eigenvalue weighted by Gasteiger charge is -2.53. The van der Waals surface area contributed by atoms with Crippen molar-refractivity contribution in [2.45, 2.75) is 39.7 Å². The van der Waals surface area contributed by atoms with Crippen molar-refractivity contribution in [1.82, 2.24) is 10.2 Å². The fraction of sp³-hybridized carbons (Fsp3) is 0.692. The van der Waals surface area contributed by atoms with E-state index in [1.54, 1.807) is 20.8 Å². The van der Waals surface area contributed by atoms with E-state index in [0.29, 0.717) is 6.42 Å². The Morgan fingerprint density at radius 2 is 1.85 bits per heavy atom. The highest BCUT2D eigenvalue weighted by atomic mass is 16.4. The van der Waals surface area contributed by atoms with Crippen molar-refractivity contribution in [3.8, 4) is 0 Å². The van der Waals surface area contributed by atoms with Crippen LogP contribution in [0.3, 0.4) is 0 Å². The number of aliphatic carboxylic acids is 1. The zero-order valence-electron chi connectivity index (χ0n) is 11.5. The molecule has 2 heterocycles. The molecule has 3 atom stereocenters. The monoisotopic (exact) mass is 280 g/mol. The molecule has 0 aromatic rings. The third-order valence-electron chi connectivity index (χ3n) is 6.01. The van der Waals surface area contributed by atoms with Crippen molar-refractivity contribution in [2.24, 2.45) is 16.2 Å². The molecule has 2 saturated heterocycles. The van der Waals surface area contributed by atoms with E-state index in [4.69, 9.17) is 0 Å². The molecule has 20 heavy (non-hydrogen) atoms. The molecule has 1 aliphatic carbocycles. The van der Waals surface area contributed by atoms with Crippen molar-refractivity contribution in [2.75, 3.05) is 0 Å². The molecule has 0 radical (unpaired) electrons. The van der Waals surface area contributed by atoms with E-state index < -0.39 is 46.1 Å². The van der Waals surface area contributed by atoms with Gasteiger partial charge < -0.3 is 5.11 Å². The highest BCUT2D eigenvalue weighted by molar-refractivity contribution is 6.16. The van der Waals surface area contributed by atoms with E-state index in [-0.39, 0.29) is 6.42 Å². The quantitative estimate of drug-likeness (QED) is 0.674. The minimum Gasteiger partial charge on any atom is -0.481 e. The lowest BCUT2D eigenvalue weighted by molar-refractivity contribution is -0.183. The number of imide groups is 2. The molecule has 3 rings (SSSR count). The average Bonchev–Trinajstić information content (AvgIpc) is 2.68. The number of carbonyl (C=O) groups is 4. The van der Waals surface area contributed by atoms with Gasteiger partial charge in [0.25, 0.3) is 5.91 Å². The second-order valence-corrected chi connectivity index (χ2v) is 6.61. The van der Waals surface area contributed by atoms with Crippen molar-refractivity contribution >= 4 is 23.8 Å². The average molecular weight is 280 g/mol. The lowest BCUT2D eigenvalue weighted by Crippen LogP contribution is -2.68. The Morgan fingerprint density at radius 3 is 2.40 bits per heavy atom. The first kappa shape index (κ1) is 13.1. The van der Waals surface area contributed by atoms with E-state index in [1.165, 1.54) is 0 Å². The van der Waals surface area contributed by atoms with Crippen LogP contribution in [0.1, 0.15) is 33.6 Å². The lowest BCUT2D eigenvalue weighted by atomic mass is 9.53. The zero-order valence-corrected chi connectivity index (χ0v) is 11.5. The maximum atomic E-state index is 12.6. The first-order valence-electron chi connectivity index (χ1n) is 6.53. The van der Waals surface area contributed by atoms with E-state index in [9.17, 15) is 24.3 Å². The summed E-state index contributed by atoms with van der Waals surface area (Å²) in [6.07, 6.45) is 0.568. The third kappa shape index (κ3) is 0.980. The topological polar surface area (TPSA) is 104 Å². The smallest absolute Gasteiger partial charge is 0.331 e. The summed E-state index contributed by atoms with van der Waals surface area (Å²) in [4.78, 5) is 49.3. The van der Waals surface area contributed by atoms with Gasteiger partial charge in [-0.2, -0.15) is 0 Å². The minimum absolute atomic E-state index is 0.208. The Labute approximate surface area is 115 Å². The summed E-state index contributed by atoms with van der Waals surface area (Å²) < 4.78 is 0. The minimum atomic E-state index is -1.42. The van der Waals surface area contributed by atoms with E-state index >= 15 is 0 Å². The zero-order chi connectivity index (χ0) is 15.1. The number of carbonyl (C=O) groups excluding carboxylic acids is 3. The normalized spacial score (nSPS) is 41.6. The number of hydrogen-bond acceptors (Lipinski definition) is 4. The van der Waals surface area contributed by atoms with Gasteiger partial charge in [0.1, 0.15) is 11.5 Å². The van der Waals surface area contributed by atoms with Crippen LogP contribution in [0.2, 0.25) is 0 Å². The predicted octanol–water partition coefficient (Wildman–Crippen LogP) is 0.344. The fourth-order valence-corrected chi connectivity index (χ4v) is 4.30. The number of fused-ring (bicyclic) bond motifs is 4. The maximum absolute atomic E-state index is 12.6. The van der Waals surface area contributed by atoms with Gasteiger partial charge in [-0.15, -0.1) is 0 Å². The molecule has 4 amide bonds. The molecule has 0 spiro atoms. The second kappa shape index (κ2) is 3.21. The van der Waals surface area contributed by atoms with E-state index in [0.717, 1.165) is 4.90 Å². The molecule has 3 aliphatic rings. The van der Waals surface area contributed by atoms with Gasteiger partial charge in [-0.1, -0.05) is 20.8 Å². The number of nitrogens with zero attached hydrogens (tertiary/aromatic N) is 1. The second-order valence-electron chi connectivity index (χ2n) is 6.61. The van der Waals surface area contributed by atoms with Gasteiger partial charge in [0, 0.05) is 0 Å². The molecule has 1 saturated carbocycles. The van der Waals surface area contributed by atoms with Crippen LogP contribution in [0.4, 0.5) is 4.79 Å². The summed E-state index contributed by atoms with van der Waals surface area (Å²) in [5, 5.41) is 11.8.